The molecule has 0 aliphatic carbocycles. The van der Waals surface area contributed by atoms with E-state index in [1.54, 1.807) is 0 Å². The van der Waals surface area contributed by atoms with Gasteiger partial charge in [-0.2, -0.15) is 0 Å². The molecule has 0 bridgehead atoms. The Morgan fingerprint density at radius 1 is 1.25 bits per heavy atom. The molecule has 0 radical (unpaired) electrons. The van der Waals surface area contributed by atoms with Crippen molar-refractivity contribution < 1.29 is 8.42 Å². The van der Waals surface area contributed by atoms with Gasteiger partial charge in [-0.1, -0.05) is 30.3 Å². The zero-order valence-corrected chi connectivity index (χ0v) is 10.4. The molecule has 3 nitrogen and oxygen atoms in total. The molecule has 1 aliphatic heterocycles. The maximum Gasteiger partial charge on any atom is 0.219 e. The van der Waals surface area contributed by atoms with Gasteiger partial charge in [0.2, 0.25) is 10.0 Å². The molecular weight excluding hydrogens is 222 g/mol. The van der Waals surface area contributed by atoms with E-state index < -0.39 is 15.3 Å². The van der Waals surface area contributed by atoms with E-state index >= 15 is 0 Å². The Bertz CT molecular complexity index is 465. The predicted octanol–water partition coefficient (Wildman–Crippen LogP) is 2.22. The smallest absolute Gasteiger partial charge is 0.212 e. The van der Waals surface area contributed by atoms with Crippen LogP contribution < -0.4 is 4.72 Å². The van der Waals surface area contributed by atoms with Crippen LogP contribution >= 0.6 is 0 Å². The van der Waals surface area contributed by atoms with Crippen LogP contribution in [0.5, 0.6) is 0 Å². The molecule has 1 unspecified atom stereocenters. The summed E-state index contributed by atoms with van der Waals surface area (Å²) in [5.74, 6) is 0. The largest absolute Gasteiger partial charge is 0.219 e. The summed E-state index contributed by atoms with van der Waals surface area (Å²) in [7, 11) is -3.23. The fourth-order valence-corrected chi connectivity index (χ4v) is 4.13. The Hall–Kier alpha value is -0.870. The third kappa shape index (κ3) is 2.28. The van der Waals surface area contributed by atoms with Crippen LogP contribution in [-0.4, -0.2) is 14.0 Å². The first kappa shape index (κ1) is 11.6. The van der Waals surface area contributed by atoms with E-state index in [9.17, 15) is 8.42 Å². The Balaban J connectivity index is 2.32. The standard InChI is InChI=1S/C12H17NO2S/c1-12(2)9-8-11(16(14,15)13-12)10-6-4-3-5-7-10/h3-7,11,13H,8-9H2,1-2H3. The highest BCUT2D eigenvalue weighted by molar-refractivity contribution is 7.89. The van der Waals surface area contributed by atoms with Crippen molar-refractivity contribution in [2.45, 2.75) is 37.5 Å². The summed E-state index contributed by atoms with van der Waals surface area (Å²) in [6.45, 7) is 3.84. The molecule has 88 valence electrons. The zero-order chi connectivity index (χ0) is 11.8. The zero-order valence-electron chi connectivity index (χ0n) is 9.60. The maximum absolute atomic E-state index is 12.1. The molecule has 2 rings (SSSR count). The SMILES string of the molecule is CC1(C)CCC(c2ccccc2)S(=O)(=O)N1. The first-order valence-electron chi connectivity index (χ1n) is 5.48. The number of hydrogen-bond donors (Lipinski definition) is 1. The topological polar surface area (TPSA) is 46.2 Å². The van der Waals surface area contributed by atoms with Crippen LogP contribution in [0.3, 0.4) is 0 Å². The van der Waals surface area contributed by atoms with Gasteiger partial charge in [-0.05, 0) is 32.3 Å². The van der Waals surface area contributed by atoms with Crippen LogP contribution in [0.2, 0.25) is 0 Å². The fraction of sp³-hybridized carbons (Fsp3) is 0.500. The van der Waals surface area contributed by atoms with E-state index in [0.29, 0.717) is 6.42 Å². The third-order valence-corrected chi connectivity index (χ3v) is 5.09. The van der Waals surface area contributed by atoms with Crippen molar-refractivity contribution in [3.8, 4) is 0 Å². The highest BCUT2D eigenvalue weighted by atomic mass is 32.2. The van der Waals surface area contributed by atoms with Crippen LogP contribution in [0, 0.1) is 0 Å². The minimum atomic E-state index is -3.23. The first-order chi connectivity index (χ1) is 7.41. The third-order valence-electron chi connectivity index (χ3n) is 3.00. The number of sulfonamides is 1. The van der Waals surface area contributed by atoms with Crippen LogP contribution in [0.4, 0.5) is 0 Å². The second-order valence-corrected chi connectivity index (χ2v) is 6.83. The number of hydrogen-bond acceptors (Lipinski definition) is 2. The predicted molar refractivity (Wildman–Crippen MR) is 64.6 cm³/mol. The first-order valence-corrected chi connectivity index (χ1v) is 7.03. The van der Waals surface area contributed by atoms with Gasteiger partial charge in [0.15, 0.2) is 0 Å². The van der Waals surface area contributed by atoms with Crippen molar-refractivity contribution in [2.75, 3.05) is 0 Å². The molecule has 0 amide bonds. The maximum atomic E-state index is 12.1. The summed E-state index contributed by atoms with van der Waals surface area (Å²) in [5, 5.41) is -0.401. The number of nitrogens with one attached hydrogen (secondary N) is 1. The lowest BCUT2D eigenvalue weighted by atomic mass is 9.96. The van der Waals surface area contributed by atoms with Crippen LogP contribution in [0.25, 0.3) is 0 Å². The molecule has 1 aliphatic rings. The van der Waals surface area contributed by atoms with Crippen molar-refractivity contribution in [1.29, 1.82) is 0 Å². The summed E-state index contributed by atoms with van der Waals surface area (Å²) in [4.78, 5) is 0. The Morgan fingerprint density at radius 3 is 2.44 bits per heavy atom. The van der Waals surface area contributed by atoms with Crippen molar-refractivity contribution in [2.24, 2.45) is 0 Å². The van der Waals surface area contributed by atoms with Gasteiger partial charge in [-0.15, -0.1) is 0 Å². The normalized spacial score (nSPS) is 27.5. The Kier molecular flexibility index (Phi) is 2.80. The lowest BCUT2D eigenvalue weighted by Gasteiger charge is -2.35. The Labute approximate surface area is 96.9 Å². The molecule has 1 N–H and O–H groups in total. The van der Waals surface area contributed by atoms with Crippen LogP contribution in [0.1, 0.15) is 37.5 Å². The Morgan fingerprint density at radius 2 is 1.88 bits per heavy atom. The summed E-state index contributed by atoms with van der Waals surface area (Å²) in [6, 6.07) is 9.41. The molecule has 1 atom stereocenters. The fourth-order valence-electron chi connectivity index (χ4n) is 2.17. The van der Waals surface area contributed by atoms with Crippen molar-refractivity contribution >= 4 is 10.0 Å². The second kappa shape index (κ2) is 3.86. The minimum absolute atomic E-state index is 0.315. The van der Waals surface area contributed by atoms with E-state index in [4.69, 9.17) is 0 Å². The van der Waals surface area contributed by atoms with E-state index in [0.717, 1.165) is 12.0 Å². The molecule has 1 saturated heterocycles. The van der Waals surface area contributed by atoms with Gasteiger partial charge in [0.1, 0.15) is 5.25 Å². The van der Waals surface area contributed by atoms with Crippen molar-refractivity contribution in [3.05, 3.63) is 35.9 Å². The summed E-state index contributed by atoms with van der Waals surface area (Å²) >= 11 is 0. The molecule has 1 heterocycles. The van der Waals surface area contributed by atoms with E-state index in [-0.39, 0.29) is 5.54 Å². The molecule has 0 spiro atoms. The molecule has 1 aromatic carbocycles. The van der Waals surface area contributed by atoms with Gasteiger partial charge in [0, 0.05) is 5.54 Å². The second-order valence-electron chi connectivity index (χ2n) is 4.97. The molecule has 0 aromatic heterocycles. The highest BCUT2D eigenvalue weighted by Crippen LogP contribution is 2.34. The number of benzene rings is 1. The van der Waals surface area contributed by atoms with Crippen molar-refractivity contribution in [3.63, 3.8) is 0 Å². The highest BCUT2D eigenvalue weighted by Gasteiger charge is 2.38. The van der Waals surface area contributed by atoms with E-state index in [1.807, 2.05) is 44.2 Å². The summed E-state index contributed by atoms with van der Waals surface area (Å²) in [6.07, 6.45) is 1.55. The average molecular weight is 239 g/mol. The van der Waals surface area contributed by atoms with Crippen LogP contribution in [-0.2, 0) is 10.0 Å². The van der Waals surface area contributed by atoms with E-state index in [2.05, 4.69) is 4.72 Å². The molecule has 16 heavy (non-hydrogen) atoms. The lowest BCUT2D eigenvalue weighted by Crippen LogP contribution is -2.49. The quantitative estimate of drug-likeness (QED) is 0.816. The van der Waals surface area contributed by atoms with E-state index in [1.165, 1.54) is 0 Å². The number of rotatable bonds is 1. The van der Waals surface area contributed by atoms with Crippen LogP contribution in [0.15, 0.2) is 30.3 Å². The average Bonchev–Trinajstić information content (AvgIpc) is 2.16. The molecule has 1 aromatic rings. The summed E-state index contributed by atoms with van der Waals surface area (Å²) < 4.78 is 26.9. The van der Waals surface area contributed by atoms with Gasteiger partial charge in [-0.25, -0.2) is 13.1 Å². The van der Waals surface area contributed by atoms with Crippen molar-refractivity contribution in [1.82, 2.24) is 4.72 Å². The van der Waals surface area contributed by atoms with Gasteiger partial charge in [-0.3, -0.25) is 0 Å². The van der Waals surface area contributed by atoms with Gasteiger partial charge < -0.3 is 0 Å². The minimum Gasteiger partial charge on any atom is -0.212 e. The molecular formula is C12H17NO2S. The van der Waals surface area contributed by atoms with Gasteiger partial charge in [0.05, 0.1) is 0 Å². The van der Waals surface area contributed by atoms with Gasteiger partial charge in [0.25, 0.3) is 0 Å². The monoisotopic (exact) mass is 239 g/mol. The molecule has 0 saturated carbocycles. The summed E-state index contributed by atoms with van der Waals surface area (Å²) in [5.41, 5.74) is 0.565. The molecule has 4 heteroatoms. The molecule has 1 fully saturated rings. The van der Waals surface area contributed by atoms with Gasteiger partial charge >= 0.3 is 0 Å². The lowest BCUT2D eigenvalue weighted by molar-refractivity contribution is 0.375.